The van der Waals surface area contributed by atoms with E-state index in [0.29, 0.717) is 41.5 Å². The van der Waals surface area contributed by atoms with Crippen LogP contribution in [0.5, 0.6) is 5.75 Å². The largest absolute Gasteiger partial charge is 0.495 e. The molecule has 2 aromatic carbocycles. The van der Waals surface area contributed by atoms with Crippen LogP contribution in [-0.4, -0.2) is 32.8 Å². The lowest BCUT2D eigenvalue weighted by Gasteiger charge is -2.37. The highest BCUT2D eigenvalue weighted by Gasteiger charge is 2.36. The molecule has 1 heterocycles. The third-order valence-corrected chi connectivity index (χ3v) is 5.42. The summed E-state index contributed by atoms with van der Waals surface area (Å²) in [6.45, 7) is 1.83. The smallest absolute Gasteiger partial charge is 0.193 e. The van der Waals surface area contributed by atoms with E-state index in [2.05, 4.69) is 10.3 Å². The van der Waals surface area contributed by atoms with Gasteiger partial charge in [-0.25, -0.2) is 0 Å². The topological polar surface area (TPSA) is 68.9 Å². The number of rotatable bonds is 5. The maximum absolute atomic E-state index is 6.50. The molecule has 8 heteroatoms. The molecule has 0 atom stereocenters. The van der Waals surface area contributed by atoms with E-state index in [9.17, 15) is 0 Å². The Kier molecular flexibility index (Phi) is 8.67. The van der Waals surface area contributed by atoms with Crippen LogP contribution in [0.25, 0.3) is 0 Å². The molecule has 0 unspecified atom stereocenters. The summed E-state index contributed by atoms with van der Waals surface area (Å²) in [7, 11) is 1.62. The molecule has 0 radical (unpaired) electrons. The number of ether oxygens (including phenoxy) is 2. The molecule has 1 fully saturated rings. The molecule has 2 aromatic rings. The standard InChI is InChI=1S/C20H23Cl2N3O2.HI/c1-26-18-5-3-2-4-17(18)25-19(23)24-13-20(8-10-27-11-9-20)15-7-6-14(21)12-16(15)22;/h2-7,12H,8-11,13H2,1H3,(H3,23,24,25);1H. The van der Waals surface area contributed by atoms with Gasteiger partial charge in [0.1, 0.15) is 5.75 Å². The number of halogens is 3. The number of hydrogen-bond donors (Lipinski definition) is 2. The number of guanidine groups is 1. The van der Waals surface area contributed by atoms with Crippen LogP contribution in [-0.2, 0) is 10.2 Å². The molecular formula is C20H24Cl2IN3O2. The first-order valence-corrected chi connectivity index (χ1v) is 9.53. The number of benzene rings is 2. The zero-order valence-electron chi connectivity index (χ0n) is 15.6. The number of nitrogens with zero attached hydrogens (tertiary/aromatic N) is 1. The molecule has 3 N–H and O–H groups in total. The van der Waals surface area contributed by atoms with Crippen LogP contribution < -0.4 is 15.8 Å². The van der Waals surface area contributed by atoms with Crippen LogP contribution in [0, 0.1) is 0 Å². The molecule has 1 aliphatic rings. The normalized spacial score (nSPS) is 16.2. The summed E-state index contributed by atoms with van der Waals surface area (Å²) in [5.41, 5.74) is 7.72. The van der Waals surface area contributed by atoms with Crippen molar-refractivity contribution in [2.24, 2.45) is 10.7 Å². The predicted molar refractivity (Wildman–Crippen MR) is 127 cm³/mol. The van der Waals surface area contributed by atoms with Gasteiger partial charge in [0.15, 0.2) is 5.96 Å². The van der Waals surface area contributed by atoms with Crippen molar-refractivity contribution in [3.05, 3.63) is 58.1 Å². The minimum absolute atomic E-state index is 0. The lowest BCUT2D eigenvalue weighted by Crippen LogP contribution is -2.38. The second kappa shape index (κ2) is 10.5. The Morgan fingerprint density at radius 2 is 1.93 bits per heavy atom. The molecule has 1 aliphatic heterocycles. The molecule has 0 bridgehead atoms. The fraction of sp³-hybridized carbons (Fsp3) is 0.350. The van der Waals surface area contributed by atoms with E-state index in [1.165, 1.54) is 0 Å². The molecule has 0 saturated carbocycles. The minimum atomic E-state index is -0.229. The minimum Gasteiger partial charge on any atom is -0.495 e. The van der Waals surface area contributed by atoms with E-state index in [1.54, 1.807) is 13.2 Å². The van der Waals surface area contributed by atoms with Gasteiger partial charge in [-0.15, -0.1) is 24.0 Å². The van der Waals surface area contributed by atoms with Gasteiger partial charge in [-0.3, -0.25) is 4.99 Å². The first kappa shape index (κ1) is 23.1. The monoisotopic (exact) mass is 535 g/mol. The molecule has 0 amide bonds. The summed E-state index contributed by atoms with van der Waals surface area (Å²) in [6.07, 6.45) is 1.64. The predicted octanol–water partition coefficient (Wildman–Crippen LogP) is 5.10. The van der Waals surface area contributed by atoms with Gasteiger partial charge < -0.3 is 20.5 Å². The molecule has 3 rings (SSSR count). The van der Waals surface area contributed by atoms with Crippen molar-refractivity contribution in [3.8, 4) is 5.75 Å². The highest BCUT2D eigenvalue weighted by Crippen LogP contribution is 2.40. The summed E-state index contributed by atoms with van der Waals surface area (Å²) in [4.78, 5) is 4.61. The van der Waals surface area contributed by atoms with Crippen molar-refractivity contribution in [2.75, 3.05) is 32.2 Å². The molecule has 152 valence electrons. The molecule has 1 saturated heterocycles. The van der Waals surface area contributed by atoms with E-state index in [-0.39, 0.29) is 29.4 Å². The Hall–Kier alpha value is -1.22. The van der Waals surface area contributed by atoms with Crippen LogP contribution in [0.15, 0.2) is 47.5 Å². The number of nitrogens with two attached hydrogens (primary N) is 1. The molecule has 0 aromatic heterocycles. The zero-order chi connectivity index (χ0) is 19.3. The van der Waals surface area contributed by atoms with Gasteiger partial charge in [-0.05, 0) is 42.7 Å². The highest BCUT2D eigenvalue weighted by molar-refractivity contribution is 14.0. The SMILES string of the molecule is COc1ccccc1NC(N)=NCC1(c2ccc(Cl)cc2Cl)CCOCC1.I. The van der Waals surface area contributed by atoms with E-state index >= 15 is 0 Å². The average Bonchev–Trinajstić information content (AvgIpc) is 2.67. The number of anilines is 1. The van der Waals surface area contributed by atoms with Crippen LogP contribution in [0.3, 0.4) is 0 Å². The molecule has 0 aliphatic carbocycles. The maximum atomic E-state index is 6.50. The van der Waals surface area contributed by atoms with Gasteiger partial charge in [0, 0.05) is 28.7 Å². The zero-order valence-corrected chi connectivity index (χ0v) is 19.4. The average molecular weight is 536 g/mol. The number of aliphatic imine (C=N–C) groups is 1. The first-order valence-electron chi connectivity index (χ1n) is 8.77. The van der Waals surface area contributed by atoms with Gasteiger partial charge in [0.2, 0.25) is 0 Å². The molecule has 5 nitrogen and oxygen atoms in total. The van der Waals surface area contributed by atoms with E-state index < -0.39 is 0 Å². The Morgan fingerprint density at radius 1 is 1.21 bits per heavy atom. The van der Waals surface area contributed by atoms with Crippen molar-refractivity contribution in [1.29, 1.82) is 0 Å². The van der Waals surface area contributed by atoms with Crippen LogP contribution in [0.2, 0.25) is 10.0 Å². The Labute approximate surface area is 192 Å². The Bertz CT molecular complexity index is 827. The van der Waals surface area contributed by atoms with Gasteiger partial charge in [-0.2, -0.15) is 0 Å². The van der Waals surface area contributed by atoms with Gasteiger partial charge >= 0.3 is 0 Å². The second-order valence-electron chi connectivity index (χ2n) is 6.54. The Morgan fingerprint density at radius 3 is 2.61 bits per heavy atom. The third-order valence-electron chi connectivity index (χ3n) is 4.87. The fourth-order valence-electron chi connectivity index (χ4n) is 3.36. The fourth-order valence-corrected chi connectivity index (χ4v) is 3.97. The van der Waals surface area contributed by atoms with Gasteiger partial charge in [0.25, 0.3) is 0 Å². The maximum Gasteiger partial charge on any atom is 0.193 e. The number of para-hydroxylation sites is 2. The molecule has 0 spiro atoms. The van der Waals surface area contributed by atoms with E-state index in [0.717, 1.165) is 24.1 Å². The van der Waals surface area contributed by atoms with Gasteiger partial charge in [-0.1, -0.05) is 41.4 Å². The van der Waals surface area contributed by atoms with Crippen LogP contribution >= 0.6 is 47.2 Å². The van der Waals surface area contributed by atoms with Crippen molar-refractivity contribution in [2.45, 2.75) is 18.3 Å². The van der Waals surface area contributed by atoms with Crippen molar-refractivity contribution in [3.63, 3.8) is 0 Å². The van der Waals surface area contributed by atoms with Crippen LogP contribution in [0.4, 0.5) is 5.69 Å². The first-order chi connectivity index (χ1) is 13.0. The lowest BCUT2D eigenvalue weighted by molar-refractivity contribution is 0.0532. The van der Waals surface area contributed by atoms with Crippen molar-refractivity contribution >= 4 is 58.8 Å². The summed E-state index contributed by atoms with van der Waals surface area (Å²) in [6, 6.07) is 13.2. The summed E-state index contributed by atoms with van der Waals surface area (Å²) in [5, 5.41) is 4.38. The summed E-state index contributed by atoms with van der Waals surface area (Å²) >= 11 is 12.6. The quantitative estimate of drug-likeness (QED) is 0.318. The Balaban J connectivity index is 0.00000280. The van der Waals surface area contributed by atoms with Crippen LogP contribution in [0.1, 0.15) is 18.4 Å². The van der Waals surface area contributed by atoms with Crippen molar-refractivity contribution in [1.82, 2.24) is 0 Å². The summed E-state index contributed by atoms with van der Waals surface area (Å²) < 4.78 is 10.9. The number of hydrogen-bond acceptors (Lipinski definition) is 3. The number of nitrogens with one attached hydrogen (secondary N) is 1. The second-order valence-corrected chi connectivity index (χ2v) is 7.39. The highest BCUT2D eigenvalue weighted by atomic mass is 127. The van der Waals surface area contributed by atoms with Gasteiger partial charge in [0.05, 0.1) is 19.3 Å². The molecular weight excluding hydrogens is 512 g/mol. The third kappa shape index (κ3) is 5.43. The van der Waals surface area contributed by atoms with E-state index in [4.69, 9.17) is 38.4 Å². The van der Waals surface area contributed by atoms with Crippen molar-refractivity contribution < 1.29 is 9.47 Å². The van der Waals surface area contributed by atoms with E-state index in [1.807, 2.05) is 36.4 Å². The summed E-state index contributed by atoms with van der Waals surface area (Å²) in [5.74, 6) is 1.03. The number of methoxy groups -OCH3 is 1. The lowest BCUT2D eigenvalue weighted by atomic mass is 9.74. The molecule has 28 heavy (non-hydrogen) atoms.